The molecule has 0 atom stereocenters. The molecule has 0 aliphatic carbocycles. The number of carbonyl (C=O) groups is 1. The molecule has 0 bridgehead atoms. The van der Waals surface area contributed by atoms with Crippen molar-refractivity contribution in [1.82, 2.24) is 0 Å². The van der Waals surface area contributed by atoms with Crippen molar-refractivity contribution in [3.05, 3.63) is 59.7 Å². The highest BCUT2D eigenvalue weighted by molar-refractivity contribution is 5.90. The second kappa shape index (κ2) is 8.12. The van der Waals surface area contributed by atoms with Crippen molar-refractivity contribution < 1.29 is 14.6 Å². The number of carbonyl (C=O) groups excluding carboxylic acids is 1. The third-order valence-corrected chi connectivity index (χ3v) is 2.67. The van der Waals surface area contributed by atoms with Crippen molar-refractivity contribution in [2.24, 2.45) is 0 Å². The number of aliphatic hydroxyl groups is 1. The Hall–Kier alpha value is -2.13. The van der Waals surface area contributed by atoms with Crippen molar-refractivity contribution in [2.75, 3.05) is 6.79 Å². The monoisotopic (exact) mass is 272 g/mol. The predicted molar refractivity (Wildman–Crippen MR) is 80.5 cm³/mol. The van der Waals surface area contributed by atoms with Crippen LogP contribution in [0.1, 0.15) is 29.8 Å². The second-order valence-corrected chi connectivity index (χ2v) is 4.01. The van der Waals surface area contributed by atoms with E-state index < -0.39 is 12.8 Å². The molecule has 3 nitrogen and oxygen atoms in total. The topological polar surface area (TPSA) is 46.5 Å². The summed E-state index contributed by atoms with van der Waals surface area (Å²) in [6.07, 6.45) is 0. The fourth-order valence-corrected chi connectivity index (χ4v) is 1.77. The van der Waals surface area contributed by atoms with Crippen LogP contribution in [0.25, 0.3) is 11.1 Å². The SMILES string of the molecule is CC.Cc1cccc(-c2ccc(C(=O)OCO)cc2)c1. The molecule has 106 valence electrons. The fourth-order valence-electron chi connectivity index (χ4n) is 1.77. The number of rotatable bonds is 3. The van der Waals surface area contributed by atoms with Gasteiger partial charge in [-0.15, -0.1) is 0 Å². The van der Waals surface area contributed by atoms with Crippen LogP contribution in [0.15, 0.2) is 48.5 Å². The van der Waals surface area contributed by atoms with Crippen LogP contribution in [0.5, 0.6) is 0 Å². The van der Waals surface area contributed by atoms with E-state index >= 15 is 0 Å². The first kappa shape index (κ1) is 15.9. The van der Waals surface area contributed by atoms with E-state index in [9.17, 15) is 4.79 Å². The molecule has 0 fully saturated rings. The van der Waals surface area contributed by atoms with Crippen molar-refractivity contribution in [3.8, 4) is 11.1 Å². The lowest BCUT2D eigenvalue weighted by atomic mass is 10.0. The Morgan fingerprint density at radius 2 is 1.70 bits per heavy atom. The zero-order valence-corrected chi connectivity index (χ0v) is 12.1. The molecule has 3 heteroatoms. The molecular formula is C17H20O3. The van der Waals surface area contributed by atoms with Crippen LogP contribution in [-0.4, -0.2) is 17.9 Å². The Morgan fingerprint density at radius 3 is 2.25 bits per heavy atom. The van der Waals surface area contributed by atoms with Crippen molar-refractivity contribution >= 4 is 5.97 Å². The van der Waals surface area contributed by atoms with Gasteiger partial charge in [-0.3, -0.25) is 0 Å². The summed E-state index contributed by atoms with van der Waals surface area (Å²) in [5.41, 5.74) is 3.77. The van der Waals surface area contributed by atoms with Crippen LogP contribution in [0.3, 0.4) is 0 Å². The highest BCUT2D eigenvalue weighted by atomic mass is 16.6. The van der Waals surface area contributed by atoms with Gasteiger partial charge in [-0.25, -0.2) is 4.79 Å². The zero-order valence-electron chi connectivity index (χ0n) is 12.1. The van der Waals surface area contributed by atoms with Crippen molar-refractivity contribution in [3.63, 3.8) is 0 Å². The van der Waals surface area contributed by atoms with Gasteiger partial charge in [0.25, 0.3) is 0 Å². The third kappa shape index (κ3) is 4.21. The van der Waals surface area contributed by atoms with Gasteiger partial charge >= 0.3 is 5.97 Å². The average molecular weight is 272 g/mol. The van der Waals surface area contributed by atoms with E-state index in [2.05, 4.69) is 10.8 Å². The van der Waals surface area contributed by atoms with Gasteiger partial charge in [0.1, 0.15) is 0 Å². The minimum Gasteiger partial charge on any atom is -0.435 e. The molecule has 0 spiro atoms. The molecule has 0 amide bonds. The summed E-state index contributed by atoms with van der Waals surface area (Å²) in [6.45, 7) is 5.44. The van der Waals surface area contributed by atoms with Gasteiger partial charge in [0.15, 0.2) is 6.79 Å². The van der Waals surface area contributed by atoms with Crippen LogP contribution in [0.4, 0.5) is 0 Å². The number of aryl methyl sites for hydroxylation is 1. The summed E-state index contributed by atoms with van der Waals surface area (Å²) in [6, 6.07) is 15.3. The fraction of sp³-hybridized carbons (Fsp3) is 0.235. The van der Waals surface area contributed by atoms with Gasteiger partial charge in [0, 0.05) is 0 Å². The first-order chi connectivity index (χ1) is 9.70. The maximum Gasteiger partial charge on any atom is 0.340 e. The Morgan fingerprint density at radius 1 is 1.05 bits per heavy atom. The minimum atomic E-state index is -0.599. The summed E-state index contributed by atoms with van der Waals surface area (Å²) in [5, 5.41) is 8.52. The summed E-state index contributed by atoms with van der Waals surface area (Å²) in [5.74, 6) is -0.520. The van der Waals surface area contributed by atoms with Crippen molar-refractivity contribution in [1.29, 1.82) is 0 Å². The lowest BCUT2D eigenvalue weighted by Crippen LogP contribution is -2.05. The number of aliphatic hydroxyl groups excluding tert-OH is 1. The van der Waals surface area contributed by atoms with Gasteiger partial charge in [-0.1, -0.05) is 55.8 Å². The number of esters is 1. The largest absolute Gasteiger partial charge is 0.435 e. The van der Waals surface area contributed by atoms with E-state index in [1.54, 1.807) is 12.1 Å². The number of hydrogen-bond acceptors (Lipinski definition) is 3. The lowest BCUT2D eigenvalue weighted by molar-refractivity contribution is 0.00684. The van der Waals surface area contributed by atoms with E-state index in [1.165, 1.54) is 5.56 Å². The lowest BCUT2D eigenvalue weighted by Gasteiger charge is -2.05. The molecule has 0 heterocycles. The highest BCUT2D eigenvalue weighted by Crippen LogP contribution is 2.20. The third-order valence-electron chi connectivity index (χ3n) is 2.67. The first-order valence-electron chi connectivity index (χ1n) is 6.66. The maximum atomic E-state index is 11.4. The quantitative estimate of drug-likeness (QED) is 0.683. The Kier molecular flexibility index (Phi) is 6.47. The van der Waals surface area contributed by atoms with Crippen LogP contribution in [-0.2, 0) is 4.74 Å². The van der Waals surface area contributed by atoms with Gasteiger partial charge in [-0.05, 0) is 30.2 Å². The molecule has 20 heavy (non-hydrogen) atoms. The molecule has 2 aromatic rings. The van der Waals surface area contributed by atoms with E-state index in [0.717, 1.165) is 11.1 Å². The molecule has 2 aromatic carbocycles. The van der Waals surface area contributed by atoms with Crippen LogP contribution < -0.4 is 0 Å². The molecule has 0 aromatic heterocycles. The Balaban J connectivity index is 0.000000956. The molecule has 0 aliphatic rings. The first-order valence-corrected chi connectivity index (χ1v) is 6.66. The average Bonchev–Trinajstić information content (AvgIpc) is 2.50. The van der Waals surface area contributed by atoms with Crippen molar-refractivity contribution in [2.45, 2.75) is 20.8 Å². The van der Waals surface area contributed by atoms with E-state index in [4.69, 9.17) is 5.11 Å². The van der Waals surface area contributed by atoms with E-state index in [-0.39, 0.29) is 0 Å². The summed E-state index contributed by atoms with van der Waals surface area (Å²) in [4.78, 5) is 11.4. The molecule has 0 aliphatic heterocycles. The molecule has 0 saturated carbocycles. The Bertz CT molecular complexity index is 544. The standard InChI is InChI=1S/C15H14O3.C2H6/c1-11-3-2-4-14(9-11)12-5-7-13(8-6-12)15(17)18-10-16;1-2/h2-9,16H,10H2,1H3;1-2H3. The van der Waals surface area contributed by atoms with Gasteiger partial charge in [0.05, 0.1) is 5.56 Å². The zero-order chi connectivity index (χ0) is 15.0. The van der Waals surface area contributed by atoms with Gasteiger partial charge in [-0.2, -0.15) is 0 Å². The summed E-state index contributed by atoms with van der Waals surface area (Å²) in [7, 11) is 0. The van der Waals surface area contributed by atoms with Crippen LogP contribution in [0.2, 0.25) is 0 Å². The molecule has 0 unspecified atom stereocenters. The molecular weight excluding hydrogens is 252 g/mol. The Labute approximate surface area is 119 Å². The van der Waals surface area contributed by atoms with Crippen LogP contribution >= 0.6 is 0 Å². The van der Waals surface area contributed by atoms with E-state index in [1.807, 2.05) is 51.1 Å². The summed E-state index contributed by atoms with van der Waals surface area (Å²) < 4.78 is 4.51. The molecule has 1 N–H and O–H groups in total. The summed E-state index contributed by atoms with van der Waals surface area (Å²) >= 11 is 0. The predicted octanol–water partition coefficient (Wildman–Crippen LogP) is 3.79. The van der Waals surface area contributed by atoms with Gasteiger partial charge in [0.2, 0.25) is 0 Å². The number of hydrogen-bond donors (Lipinski definition) is 1. The highest BCUT2D eigenvalue weighted by Gasteiger charge is 2.06. The number of ether oxygens (including phenoxy) is 1. The molecule has 0 saturated heterocycles. The number of benzene rings is 2. The molecule has 2 rings (SSSR count). The molecule has 0 radical (unpaired) electrons. The maximum absolute atomic E-state index is 11.4. The smallest absolute Gasteiger partial charge is 0.340 e. The minimum absolute atomic E-state index is 0.431. The van der Waals surface area contributed by atoms with Gasteiger partial charge < -0.3 is 9.84 Å². The van der Waals surface area contributed by atoms with Crippen LogP contribution in [0, 0.1) is 6.92 Å². The second-order valence-electron chi connectivity index (χ2n) is 4.01. The van der Waals surface area contributed by atoms with E-state index in [0.29, 0.717) is 5.56 Å². The normalized spacial score (nSPS) is 9.40.